The Hall–Kier alpha value is -2.77. The van der Waals surface area contributed by atoms with Crippen LogP contribution in [0.1, 0.15) is 116 Å². The van der Waals surface area contributed by atoms with E-state index in [2.05, 4.69) is 24.5 Å². The molecule has 8 nitrogen and oxygen atoms in total. The summed E-state index contributed by atoms with van der Waals surface area (Å²) in [5.74, 6) is -0.750. The van der Waals surface area contributed by atoms with Crippen LogP contribution in [0.4, 0.5) is 4.79 Å². The van der Waals surface area contributed by atoms with Crippen molar-refractivity contribution in [2.45, 2.75) is 124 Å². The van der Waals surface area contributed by atoms with Gasteiger partial charge in [0.15, 0.2) is 0 Å². The van der Waals surface area contributed by atoms with E-state index in [4.69, 9.17) is 4.74 Å². The van der Waals surface area contributed by atoms with E-state index in [0.29, 0.717) is 30.6 Å². The first-order chi connectivity index (χ1) is 17.9. The van der Waals surface area contributed by atoms with Gasteiger partial charge in [0.05, 0.1) is 0 Å². The van der Waals surface area contributed by atoms with E-state index in [1.165, 1.54) is 11.3 Å². The Kier molecular flexibility index (Phi) is 14.8. The Morgan fingerprint density at radius 3 is 2.21 bits per heavy atom. The van der Waals surface area contributed by atoms with Crippen molar-refractivity contribution < 1.29 is 24.2 Å². The number of aromatic hydroxyl groups is 1. The second-order valence-corrected chi connectivity index (χ2v) is 11.1. The van der Waals surface area contributed by atoms with E-state index in [0.717, 1.165) is 44.9 Å². The van der Waals surface area contributed by atoms with Crippen molar-refractivity contribution in [2.24, 2.45) is 0 Å². The van der Waals surface area contributed by atoms with E-state index in [1.807, 2.05) is 0 Å². The zero-order valence-electron chi connectivity index (χ0n) is 24.7. The molecule has 3 amide bonds. The average Bonchev–Trinajstić information content (AvgIpc) is 2.83. The monoisotopic (exact) mass is 533 g/mol. The molecule has 2 unspecified atom stereocenters. The minimum atomic E-state index is -1.03. The van der Waals surface area contributed by atoms with E-state index >= 15 is 0 Å². The summed E-state index contributed by atoms with van der Waals surface area (Å²) in [5, 5.41) is 16.5. The Morgan fingerprint density at radius 1 is 0.974 bits per heavy atom. The molecule has 0 aromatic heterocycles. The molecule has 0 bridgehead atoms. The molecule has 1 aromatic carbocycles. The number of alkyl carbamates (subject to hydrolysis) is 1. The van der Waals surface area contributed by atoms with Gasteiger partial charge in [0.2, 0.25) is 11.8 Å². The predicted octanol–water partition coefficient (Wildman–Crippen LogP) is 6.15. The molecule has 1 aromatic rings. The van der Waals surface area contributed by atoms with Crippen LogP contribution in [0.3, 0.4) is 0 Å². The molecule has 8 heteroatoms. The summed E-state index contributed by atoms with van der Waals surface area (Å²) in [7, 11) is 0. The molecular formula is C30H51N3O5. The minimum Gasteiger partial charge on any atom is -0.507 e. The average molecular weight is 534 g/mol. The summed E-state index contributed by atoms with van der Waals surface area (Å²) in [6.07, 6.45) is 8.25. The van der Waals surface area contributed by atoms with Crippen LogP contribution in [0.5, 0.6) is 5.75 Å². The van der Waals surface area contributed by atoms with Gasteiger partial charge in [-0.1, -0.05) is 77.0 Å². The van der Waals surface area contributed by atoms with E-state index in [-0.39, 0.29) is 11.7 Å². The number of nitrogens with zero attached hydrogens (tertiary/aromatic N) is 1. The smallest absolute Gasteiger partial charge is 0.408 e. The van der Waals surface area contributed by atoms with Crippen LogP contribution in [0.2, 0.25) is 0 Å². The van der Waals surface area contributed by atoms with Crippen LogP contribution in [0.15, 0.2) is 18.2 Å². The summed E-state index contributed by atoms with van der Waals surface area (Å²) in [4.78, 5) is 41.3. The number of rotatable bonds is 16. The van der Waals surface area contributed by atoms with Gasteiger partial charge in [-0.25, -0.2) is 4.79 Å². The third kappa shape index (κ3) is 11.7. The minimum absolute atomic E-state index is 0.00490. The van der Waals surface area contributed by atoms with Crippen molar-refractivity contribution in [3.8, 4) is 5.75 Å². The number of carbonyl (C=O) groups excluding carboxylic acids is 3. The van der Waals surface area contributed by atoms with Crippen molar-refractivity contribution in [3.63, 3.8) is 0 Å². The Balaban J connectivity index is 3.30. The van der Waals surface area contributed by atoms with Crippen LogP contribution in [0, 0.1) is 6.92 Å². The Labute approximate surface area is 229 Å². The summed E-state index contributed by atoms with van der Waals surface area (Å²) in [5.41, 5.74) is 0.291. The molecule has 0 saturated carbocycles. The molecule has 0 heterocycles. The van der Waals surface area contributed by atoms with E-state index in [9.17, 15) is 19.5 Å². The van der Waals surface area contributed by atoms with Crippen molar-refractivity contribution in [1.29, 1.82) is 0 Å². The van der Waals surface area contributed by atoms with Gasteiger partial charge >= 0.3 is 6.09 Å². The highest BCUT2D eigenvalue weighted by Crippen LogP contribution is 2.32. The number of nitrogens with one attached hydrogen (secondary N) is 2. The van der Waals surface area contributed by atoms with Crippen LogP contribution in [-0.4, -0.2) is 52.6 Å². The second kappa shape index (κ2) is 16.9. The number of benzene rings is 1. The van der Waals surface area contributed by atoms with Gasteiger partial charge in [-0.3, -0.25) is 9.59 Å². The maximum Gasteiger partial charge on any atom is 0.408 e. The summed E-state index contributed by atoms with van der Waals surface area (Å²) >= 11 is 0. The molecular weight excluding hydrogens is 482 g/mol. The normalized spacial score (nSPS) is 12.9. The highest BCUT2D eigenvalue weighted by atomic mass is 16.6. The van der Waals surface area contributed by atoms with Crippen LogP contribution >= 0.6 is 0 Å². The molecule has 0 aliphatic carbocycles. The first-order valence-electron chi connectivity index (χ1n) is 14.3. The summed E-state index contributed by atoms with van der Waals surface area (Å²) < 4.78 is 5.34. The van der Waals surface area contributed by atoms with Gasteiger partial charge in [-0.2, -0.15) is 0 Å². The van der Waals surface area contributed by atoms with Crippen LogP contribution in [0.25, 0.3) is 0 Å². The lowest BCUT2D eigenvalue weighted by Gasteiger charge is -2.34. The first-order valence-corrected chi connectivity index (χ1v) is 14.3. The lowest BCUT2D eigenvalue weighted by Crippen LogP contribution is -2.52. The molecule has 216 valence electrons. The molecule has 38 heavy (non-hydrogen) atoms. The highest BCUT2D eigenvalue weighted by molar-refractivity contribution is 5.92. The number of phenolic OH excluding ortho intramolecular Hbond substituents is 1. The molecule has 0 radical (unpaired) electrons. The third-order valence-electron chi connectivity index (χ3n) is 6.34. The quantitative estimate of drug-likeness (QED) is 0.221. The number of ether oxygens (including phenoxy) is 1. The zero-order valence-corrected chi connectivity index (χ0v) is 24.7. The van der Waals surface area contributed by atoms with Crippen LogP contribution in [-0.2, 0) is 14.3 Å². The van der Waals surface area contributed by atoms with Gasteiger partial charge in [0.25, 0.3) is 0 Å². The Bertz CT molecular complexity index is 881. The molecule has 0 aliphatic rings. The van der Waals surface area contributed by atoms with E-state index in [1.54, 1.807) is 52.8 Å². The molecule has 2 atom stereocenters. The van der Waals surface area contributed by atoms with Crippen molar-refractivity contribution in [1.82, 2.24) is 15.5 Å². The van der Waals surface area contributed by atoms with Gasteiger partial charge in [0, 0.05) is 18.7 Å². The number of para-hydroxylation sites is 1. The zero-order chi connectivity index (χ0) is 28.7. The number of aryl methyl sites for hydroxylation is 1. The number of phenols is 1. The maximum atomic E-state index is 13.8. The topological polar surface area (TPSA) is 108 Å². The van der Waals surface area contributed by atoms with Crippen molar-refractivity contribution in [3.05, 3.63) is 29.3 Å². The third-order valence-corrected chi connectivity index (χ3v) is 6.34. The fraction of sp³-hybridized carbons (Fsp3) is 0.700. The standard InChI is InChI=1S/C30H51N3O5/c1-8-10-12-13-14-16-21-33(28(36)23(4)32-29(37)38-30(5,6)7)25(27(35)31-20-15-11-9-2)24-19-17-18-22(3)26(24)34/h17-19,23,25,34H,8-16,20-21H2,1-7H3,(H,31,35)(H,32,37). The SMILES string of the molecule is CCCCCCCCN(C(=O)C(C)NC(=O)OC(C)(C)C)C(C(=O)NCCCCC)c1cccc(C)c1O. The van der Waals surface area contributed by atoms with Gasteiger partial charge in [0.1, 0.15) is 23.4 Å². The summed E-state index contributed by atoms with van der Waals surface area (Å²) in [6, 6.07) is 3.28. The van der Waals surface area contributed by atoms with E-state index < -0.39 is 29.7 Å². The predicted molar refractivity (Wildman–Crippen MR) is 152 cm³/mol. The Morgan fingerprint density at radius 2 is 1.58 bits per heavy atom. The van der Waals surface area contributed by atoms with Gasteiger partial charge in [-0.05, 0) is 53.0 Å². The molecule has 0 aliphatic heterocycles. The van der Waals surface area contributed by atoms with Gasteiger partial charge in [-0.15, -0.1) is 0 Å². The number of hydrogen-bond donors (Lipinski definition) is 3. The van der Waals surface area contributed by atoms with Crippen LogP contribution < -0.4 is 10.6 Å². The van der Waals surface area contributed by atoms with Crippen molar-refractivity contribution in [2.75, 3.05) is 13.1 Å². The molecule has 0 spiro atoms. The largest absolute Gasteiger partial charge is 0.507 e. The van der Waals surface area contributed by atoms with Gasteiger partial charge < -0.3 is 25.4 Å². The lowest BCUT2D eigenvalue weighted by molar-refractivity contribution is -0.142. The summed E-state index contributed by atoms with van der Waals surface area (Å²) in [6.45, 7) is 13.7. The number of carbonyl (C=O) groups is 3. The first kappa shape index (κ1) is 33.3. The molecule has 1 rings (SSSR count). The molecule has 0 fully saturated rings. The molecule has 3 N–H and O–H groups in total. The number of amides is 3. The molecule has 0 saturated heterocycles. The number of unbranched alkanes of at least 4 members (excludes halogenated alkanes) is 7. The maximum absolute atomic E-state index is 13.8. The highest BCUT2D eigenvalue weighted by Gasteiger charge is 2.36. The fourth-order valence-electron chi connectivity index (χ4n) is 4.26. The second-order valence-electron chi connectivity index (χ2n) is 11.1. The number of hydrogen-bond acceptors (Lipinski definition) is 5. The fourth-order valence-corrected chi connectivity index (χ4v) is 4.26. The van der Waals surface area contributed by atoms with Crippen molar-refractivity contribution >= 4 is 17.9 Å². The lowest BCUT2D eigenvalue weighted by atomic mass is 9.98.